The number of aromatic nitrogens is 1. The highest BCUT2D eigenvalue weighted by Gasteiger charge is 2.63. The number of hydrogen-bond donors (Lipinski definition) is 3. The Morgan fingerprint density at radius 1 is 1.38 bits per heavy atom. The number of halogens is 3. The van der Waals surface area contributed by atoms with Gasteiger partial charge in [0.2, 0.25) is 0 Å². The van der Waals surface area contributed by atoms with E-state index in [2.05, 4.69) is 9.72 Å². The van der Waals surface area contributed by atoms with Crippen LogP contribution in [0.5, 0.6) is 5.75 Å². The number of benzene rings is 1. The van der Waals surface area contributed by atoms with Gasteiger partial charge in [-0.3, -0.25) is 0 Å². The molecule has 1 atom stereocenters. The number of H-pyrrole nitrogens is 1. The summed E-state index contributed by atoms with van der Waals surface area (Å²) in [4.78, 5) is 14.2. The zero-order valence-corrected chi connectivity index (χ0v) is 10.9. The third-order valence-electron chi connectivity index (χ3n) is 3.05. The van der Waals surface area contributed by atoms with Gasteiger partial charge in [-0.05, 0) is 19.1 Å². The summed E-state index contributed by atoms with van der Waals surface area (Å²) < 4.78 is 44.1. The number of esters is 1. The van der Waals surface area contributed by atoms with Crippen LogP contribution in [0.3, 0.4) is 0 Å². The Morgan fingerprint density at radius 3 is 2.62 bits per heavy atom. The number of carbonyl (C=O) groups is 1. The van der Waals surface area contributed by atoms with E-state index in [0.717, 1.165) is 12.3 Å². The molecule has 0 aliphatic heterocycles. The van der Waals surface area contributed by atoms with E-state index in [9.17, 15) is 28.2 Å². The number of rotatable bonds is 3. The van der Waals surface area contributed by atoms with Crippen LogP contribution in [0.25, 0.3) is 10.9 Å². The molecule has 1 unspecified atom stereocenters. The number of phenols is 1. The molecular weight excluding hydrogens is 291 g/mol. The van der Waals surface area contributed by atoms with Crippen molar-refractivity contribution >= 4 is 16.9 Å². The summed E-state index contributed by atoms with van der Waals surface area (Å²) in [7, 11) is 0. The number of aromatic hydroxyl groups is 1. The largest absolute Gasteiger partial charge is 0.507 e. The fourth-order valence-corrected chi connectivity index (χ4v) is 2.06. The molecule has 2 rings (SSSR count). The van der Waals surface area contributed by atoms with Crippen LogP contribution in [0.1, 0.15) is 12.5 Å². The average Bonchev–Trinajstić information content (AvgIpc) is 2.82. The quantitative estimate of drug-likeness (QED) is 0.759. The SMILES string of the molecule is CCOC(=O)C(O)(c1c[nH]c2cccc(O)c12)C(F)(F)F. The van der Waals surface area contributed by atoms with Crippen LogP contribution in [-0.4, -0.2) is 33.9 Å². The van der Waals surface area contributed by atoms with E-state index in [1.54, 1.807) is 0 Å². The van der Waals surface area contributed by atoms with Crippen molar-refractivity contribution in [2.45, 2.75) is 18.7 Å². The van der Waals surface area contributed by atoms with Gasteiger partial charge in [-0.15, -0.1) is 0 Å². The Labute approximate surface area is 117 Å². The van der Waals surface area contributed by atoms with E-state index in [1.165, 1.54) is 19.1 Å². The molecule has 0 amide bonds. The third-order valence-corrected chi connectivity index (χ3v) is 3.05. The number of hydrogen-bond acceptors (Lipinski definition) is 4. The molecule has 1 aromatic carbocycles. The van der Waals surface area contributed by atoms with Crippen molar-refractivity contribution < 1.29 is 32.9 Å². The Hall–Kier alpha value is -2.22. The van der Waals surface area contributed by atoms with E-state index < -0.39 is 29.1 Å². The molecule has 0 fully saturated rings. The summed E-state index contributed by atoms with van der Waals surface area (Å²) in [5.41, 5.74) is -4.52. The number of phenolic OH excluding ortho intramolecular Hbond substituents is 1. The minimum Gasteiger partial charge on any atom is -0.507 e. The summed E-state index contributed by atoms with van der Waals surface area (Å²) in [5, 5.41) is 19.4. The molecule has 8 heteroatoms. The lowest BCUT2D eigenvalue weighted by molar-refractivity contribution is -0.267. The number of ether oxygens (including phenoxy) is 1. The van der Waals surface area contributed by atoms with Crippen LogP contribution in [0.2, 0.25) is 0 Å². The predicted molar refractivity (Wildman–Crippen MR) is 66.5 cm³/mol. The van der Waals surface area contributed by atoms with Gasteiger partial charge >= 0.3 is 12.1 Å². The normalized spacial score (nSPS) is 14.9. The van der Waals surface area contributed by atoms with Crippen molar-refractivity contribution in [2.24, 2.45) is 0 Å². The minimum absolute atomic E-state index is 0.150. The zero-order valence-electron chi connectivity index (χ0n) is 10.9. The molecule has 0 radical (unpaired) electrons. The summed E-state index contributed by atoms with van der Waals surface area (Å²) in [6, 6.07) is 3.97. The van der Waals surface area contributed by atoms with Crippen LogP contribution in [0, 0.1) is 0 Å². The molecule has 0 saturated heterocycles. The Kier molecular flexibility index (Phi) is 3.58. The molecule has 1 heterocycles. The molecule has 0 spiro atoms. The third kappa shape index (κ3) is 2.21. The van der Waals surface area contributed by atoms with Crippen molar-refractivity contribution in [3.05, 3.63) is 30.0 Å². The first-order chi connectivity index (χ1) is 9.73. The van der Waals surface area contributed by atoms with Gasteiger partial charge in [-0.2, -0.15) is 13.2 Å². The summed E-state index contributed by atoms with van der Waals surface area (Å²) in [6.45, 7) is 0.993. The lowest BCUT2D eigenvalue weighted by atomic mass is 9.92. The first-order valence-electron chi connectivity index (χ1n) is 5.99. The molecule has 2 aromatic rings. The fourth-order valence-electron chi connectivity index (χ4n) is 2.06. The maximum Gasteiger partial charge on any atom is 0.432 e. The second kappa shape index (κ2) is 4.96. The van der Waals surface area contributed by atoms with Crippen LogP contribution in [-0.2, 0) is 15.1 Å². The van der Waals surface area contributed by atoms with Crippen LogP contribution >= 0.6 is 0 Å². The predicted octanol–water partition coefficient (Wildman–Crippen LogP) is 2.19. The summed E-state index contributed by atoms with van der Waals surface area (Å²) in [5.74, 6) is -2.34. The topological polar surface area (TPSA) is 82.5 Å². The zero-order chi connectivity index (χ0) is 15.8. The smallest absolute Gasteiger partial charge is 0.432 e. The van der Waals surface area contributed by atoms with Crippen molar-refractivity contribution in [1.29, 1.82) is 0 Å². The van der Waals surface area contributed by atoms with Crippen LogP contribution in [0.15, 0.2) is 24.4 Å². The van der Waals surface area contributed by atoms with Crippen molar-refractivity contribution in [3.63, 3.8) is 0 Å². The number of fused-ring (bicyclic) bond motifs is 1. The number of carbonyl (C=O) groups excluding carboxylic acids is 1. The first-order valence-corrected chi connectivity index (χ1v) is 5.99. The number of aromatic amines is 1. The lowest BCUT2D eigenvalue weighted by Gasteiger charge is -2.27. The van der Waals surface area contributed by atoms with Gasteiger partial charge in [0.25, 0.3) is 5.60 Å². The molecule has 5 nitrogen and oxygen atoms in total. The highest BCUT2D eigenvalue weighted by molar-refractivity contribution is 5.95. The van der Waals surface area contributed by atoms with Gasteiger partial charge in [-0.1, -0.05) is 6.07 Å². The molecule has 1 aromatic heterocycles. The van der Waals surface area contributed by atoms with Gasteiger partial charge < -0.3 is 19.9 Å². The van der Waals surface area contributed by atoms with Crippen molar-refractivity contribution in [3.8, 4) is 5.75 Å². The molecule has 0 bridgehead atoms. The Bertz CT molecular complexity index is 680. The van der Waals surface area contributed by atoms with Crippen LogP contribution in [0.4, 0.5) is 13.2 Å². The monoisotopic (exact) mass is 303 g/mol. The molecular formula is C13H12F3NO4. The second-order valence-corrected chi connectivity index (χ2v) is 4.33. The van der Waals surface area contributed by atoms with Gasteiger partial charge in [0.15, 0.2) is 0 Å². The Morgan fingerprint density at radius 2 is 2.05 bits per heavy atom. The number of aliphatic hydroxyl groups is 1. The maximum atomic E-state index is 13.3. The molecule has 0 aliphatic rings. The highest BCUT2D eigenvalue weighted by Crippen LogP contribution is 2.44. The standard InChI is InChI=1S/C13H12F3NO4/c1-2-21-11(19)12(20,13(14,15)16)7-6-17-8-4-3-5-9(18)10(7)8/h3-6,17-18,20H,2H2,1H3. The van der Waals surface area contributed by atoms with E-state index >= 15 is 0 Å². The highest BCUT2D eigenvalue weighted by atomic mass is 19.4. The number of nitrogens with one attached hydrogen (secondary N) is 1. The fraction of sp³-hybridized carbons (Fsp3) is 0.308. The number of alkyl halides is 3. The molecule has 0 saturated carbocycles. The van der Waals surface area contributed by atoms with Gasteiger partial charge in [0.05, 0.1) is 6.61 Å². The lowest BCUT2D eigenvalue weighted by Crippen LogP contribution is -2.50. The molecule has 3 N–H and O–H groups in total. The van der Waals surface area contributed by atoms with E-state index in [4.69, 9.17) is 0 Å². The molecule has 114 valence electrons. The van der Waals surface area contributed by atoms with Crippen molar-refractivity contribution in [1.82, 2.24) is 4.98 Å². The minimum atomic E-state index is -5.31. The van der Waals surface area contributed by atoms with Crippen molar-refractivity contribution in [2.75, 3.05) is 6.61 Å². The second-order valence-electron chi connectivity index (χ2n) is 4.33. The van der Waals surface area contributed by atoms with Gasteiger partial charge in [-0.25, -0.2) is 4.79 Å². The molecule has 21 heavy (non-hydrogen) atoms. The maximum absolute atomic E-state index is 13.3. The summed E-state index contributed by atoms with van der Waals surface area (Å²) in [6.07, 6.45) is -4.48. The van der Waals surface area contributed by atoms with E-state index in [0.29, 0.717) is 0 Å². The first kappa shape index (κ1) is 15.2. The van der Waals surface area contributed by atoms with E-state index in [1.807, 2.05) is 0 Å². The van der Waals surface area contributed by atoms with Gasteiger partial charge in [0, 0.05) is 22.7 Å². The van der Waals surface area contributed by atoms with Gasteiger partial charge in [0.1, 0.15) is 5.75 Å². The van der Waals surface area contributed by atoms with E-state index in [-0.39, 0.29) is 17.5 Å². The Balaban J connectivity index is 2.74. The summed E-state index contributed by atoms with van der Waals surface area (Å²) >= 11 is 0. The average molecular weight is 303 g/mol. The van der Waals surface area contributed by atoms with Crippen LogP contribution < -0.4 is 0 Å². The molecule has 0 aliphatic carbocycles.